The number of hydrogen-bond acceptors (Lipinski definition) is 7. The van der Waals surface area contributed by atoms with Crippen molar-refractivity contribution in [3.05, 3.63) is 63.3 Å². The first kappa shape index (κ1) is 18.7. The molecule has 27 heavy (non-hydrogen) atoms. The summed E-state index contributed by atoms with van der Waals surface area (Å²) >= 11 is 5.94. The molecule has 8 nitrogen and oxygen atoms in total. The highest BCUT2D eigenvalue weighted by Crippen LogP contribution is 2.33. The lowest BCUT2D eigenvalue weighted by molar-refractivity contribution is 0.355. The average molecular weight is 388 g/mol. The first-order valence-electron chi connectivity index (χ1n) is 8.04. The molecule has 2 heterocycles. The Kier molecular flexibility index (Phi) is 5.56. The van der Waals surface area contributed by atoms with E-state index in [1.54, 1.807) is 37.2 Å². The van der Waals surface area contributed by atoms with Crippen molar-refractivity contribution < 1.29 is 9.47 Å². The fourth-order valence-corrected chi connectivity index (χ4v) is 2.72. The number of nitrogens with one attached hydrogen (secondary N) is 1. The third-order valence-corrected chi connectivity index (χ3v) is 4.08. The Morgan fingerprint density at radius 1 is 1.19 bits per heavy atom. The fourth-order valence-electron chi connectivity index (χ4n) is 2.52. The molecule has 0 spiro atoms. The topological polar surface area (TPSA) is 91.2 Å². The number of hydrogen-bond donors (Lipinski definition) is 1. The van der Waals surface area contributed by atoms with Crippen LogP contribution in [0.15, 0.2) is 41.5 Å². The Bertz CT molecular complexity index is 1020. The third-order valence-electron chi connectivity index (χ3n) is 3.87. The second-order valence-electron chi connectivity index (χ2n) is 5.71. The quantitative estimate of drug-likeness (QED) is 0.650. The minimum absolute atomic E-state index is 0.297. The van der Waals surface area contributed by atoms with Gasteiger partial charge in [0.1, 0.15) is 11.3 Å². The number of aromatic nitrogens is 4. The average Bonchev–Trinajstić information content (AvgIpc) is 2.65. The summed E-state index contributed by atoms with van der Waals surface area (Å²) in [4.78, 5) is 19.7. The number of rotatable bonds is 6. The lowest BCUT2D eigenvalue weighted by atomic mass is 10.1. The molecule has 0 saturated carbocycles. The van der Waals surface area contributed by atoms with Gasteiger partial charge < -0.3 is 14.8 Å². The van der Waals surface area contributed by atoms with E-state index in [1.165, 1.54) is 0 Å². The molecule has 140 valence electrons. The fraction of sp³-hybridized carbons (Fsp3) is 0.222. The van der Waals surface area contributed by atoms with Crippen LogP contribution >= 0.6 is 11.6 Å². The van der Waals surface area contributed by atoms with Crippen LogP contribution in [0.3, 0.4) is 0 Å². The van der Waals surface area contributed by atoms with Crippen molar-refractivity contribution in [2.24, 2.45) is 0 Å². The van der Waals surface area contributed by atoms with Crippen LogP contribution in [0, 0.1) is 6.92 Å². The zero-order valence-electron chi connectivity index (χ0n) is 15.1. The number of ether oxygens (including phenoxy) is 2. The molecule has 1 N–H and O–H groups in total. The third kappa shape index (κ3) is 4.35. The summed E-state index contributed by atoms with van der Waals surface area (Å²) < 4.78 is 12.2. The van der Waals surface area contributed by atoms with Crippen molar-refractivity contribution in [2.75, 3.05) is 19.5 Å². The van der Waals surface area contributed by atoms with Crippen LogP contribution in [-0.4, -0.2) is 34.0 Å². The van der Waals surface area contributed by atoms with Gasteiger partial charge in [-0.2, -0.15) is 10.1 Å². The second-order valence-corrected chi connectivity index (χ2v) is 6.10. The monoisotopic (exact) mass is 387 g/mol. The largest absolute Gasteiger partial charge is 0.493 e. The van der Waals surface area contributed by atoms with E-state index in [1.807, 2.05) is 19.1 Å². The highest BCUT2D eigenvalue weighted by atomic mass is 35.5. The Balaban J connectivity index is 1.97. The maximum absolute atomic E-state index is 11.7. The molecule has 0 atom stereocenters. The molecule has 3 aromatic rings. The lowest BCUT2D eigenvalue weighted by Gasteiger charge is -2.16. The minimum Gasteiger partial charge on any atom is -0.493 e. The first-order valence-corrected chi connectivity index (χ1v) is 8.42. The van der Waals surface area contributed by atoms with Crippen molar-refractivity contribution in [3.63, 3.8) is 0 Å². The molecule has 2 aromatic heterocycles. The molecule has 0 aliphatic carbocycles. The molecule has 0 fully saturated rings. The van der Waals surface area contributed by atoms with E-state index in [9.17, 15) is 4.79 Å². The van der Waals surface area contributed by atoms with E-state index in [0.29, 0.717) is 34.8 Å². The summed E-state index contributed by atoms with van der Waals surface area (Å²) in [6.45, 7) is 2.27. The summed E-state index contributed by atoms with van der Waals surface area (Å²) in [5, 5.41) is 7.69. The predicted octanol–water partition coefficient (Wildman–Crippen LogP) is 2.80. The normalized spacial score (nSPS) is 10.5. The van der Waals surface area contributed by atoms with Crippen molar-refractivity contribution in [1.29, 1.82) is 0 Å². The SMILES string of the molecule is COc1cc(C)c(Nc2nc(=O)cnn2Cc2ccnc(Cl)c2)cc1OC. The molecule has 0 unspecified atom stereocenters. The van der Waals surface area contributed by atoms with E-state index in [-0.39, 0.29) is 0 Å². The van der Waals surface area contributed by atoms with E-state index in [2.05, 4.69) is 20.4 Å². The number of pyridine rings is 1. The van der Waals surface area contributed by atoms with Crippen LogP contribution in [0.5, 0.6) is 11.5 Å². The molecule has 0 amide bonds. The summed E-state index contributed by atoms with van der Waals surface area (Å²) in [6.07, 6.45) is 2.77. The van der Waals surface area contributed by atoms with E-state index in [0.717, 1.165) is 17.3 Å². The van der Waals surface area contributed by atoms with Gasteiger partial charge in [0, 0.05) is 18.0 Å². The van der Waals surface area contributed by atoms with Gasteiger partial charge in [-0.1, -0.05) is 11.6 Å². The molecule has 0 aliphatic heterocycles. The van der Waals surface area contributed by atoms with E-state index in [4.69, 9.17) is 21.1 Å². The summed E-state index contributed by atoms with van der Waals surface area (Å²) in [5.74, 6) is 1.47. The number of benzene rings is 1. The van der Waals surface area contributed by atoms with Crippen molar-refractivity contribution >= 4 is 23.2 Å². The molecular weight excluding hydrogens is 370 g/mol. The van der Waals surface area contributed by atoms with Gasteiger partial charge in [-0.15, -0.1) is 0 Å². The van der Waals surface area contributed by atoms with Gasteiger partial charge in [0.05, 0.1) is 20.8 Å². The molecule has 0 radical (unpaired) electrons. The van der Waals surface area contributed by atoms with Gasteiger partial charge in [0.25, 0.3) is 5.56 Å². The Labute approximate surface area is 160 Å². The number of halogens is 1. The van der Waals surface area contributed by atoms with Gasteiger partial charge in [-0.25, -0.2) is 9.67 Å². The zero-order valence-corrected chi connectivity index (χ0v) is 15.8. The maximum atomic E-state index is 11.7. The number of methoxy groups -OCH3 is 2. The highest BCUT2D eigenvalue weighted by molar-refractivity contribution is 6.29. The zero-order chi connectivity index (χ0) is 19.4. The summed E-state index contributed by atoms with van der Waals surface area (Å²) in [7, 11) is 3.13. The molecular formula is C18H18ClN5O3. The van der Waals surface area contributed by atoms with Crippen LogP contribution in [-0.2, 0) is 6.54 Å². The van der Waals surface area contributed by atoms with Crippen LogP contribution in [0.4, 0.5) is 11.6 Å². The summed E-state index contributed by atoms with van der Waals surface area (Å²) in [5.41, 5.74) is 2.04. The van der Waals surface area contributed by atoms with Crippen LogP contribution in [0.2, 0.25) is 5.15 Å². The lowest BCUT2D eigenvalue weighted by Crippen LogP contribution is -2.19. The Morgan fingerprint density at radius 3 is 2.63 bits per heavy atom. The highest BCUT2D eigenvalue weighted by Gasteiger charge is 2.12. The van der Waals surface area contributed by atoms with E-state index >= 15 is 0 Å². The maximum Gasteiger partial charge on any atom is 0.293 e. The standard InChI is InChI=1S/C18H18ClN5O3/c1-11-6-14(26-2)15(27-3)8-13(11)22-18-23-17(25)9-21-24(18)10-12-4-5-20-16(19)7-12/h4-9H,10H2,1-3H3,(H,22,23,25). The Morgan fingerprint density at radius 2 is 1.93 bits per heavy atom. The minimum atomic E-state index is -0.445. The molecule has 1 aromatic carbocycles. The molecule has 0 bridgehead atoms. The van der Waals surface area contributed by atoms with Crippen LogP contribution in [0.1, 0.15) is 11.1 Å². The van der Waals surface area contributed by atoms with Gasteiger partial charge in [-0.05, 0) is 36.2 Å². The molecule has 0 saturated heterocycles. The van der Waals surface area contributed by atoms with Gasteiger partial charge in [0.2, 0.25) is 5.95 Å². The van der Waals surface area contributed by atoms with Crippen LogP contribution < -0.4 is 20.3 Å². The van der Waals surface area contributed by atoms with Crippen molar-refractivity contribution in [2.45, 2.75) is 13.5 Å². The number of anilines is 2. The molecule has 3 rings (SSSR count). The van der Waals surface area contributed by atoms with Crippen molar-refractivity contribution in [1.82, 2.24) is 19.7 Å². The second kappa shape index (κ2) is 8.05. The summed E-state index contributed by atoms with van der Waals surface area (Å²) in [6, 6.07) is 7.16. The molecule has 9 heteroatoms. The number of nitrogens with zero attached hydrogens (tertiary/aromatic N) is 4. The predicted molar refractivity (Wildman–Crippen MR) is 102 cm³/mol. The van der Waals surface area contributed by atoms with Crippen LogP contribution in [0.25, 0.3) is 0 Å². The smallest absolute Gasteiger partial charge is 0.293 e. The Hall–Kier alpha value is -3.13. The first-order chi connectivity index (χ1) is 13.0. The molecule has 0 aliphatic rings. The van der Waals surface area contributed by atoms with Gasteiger partial charge in [0.15, 0.2) is 11.5 Å². The van der Waals surface area contributed by atoms with Gasteiger partial charge in [-0.3, -0.25) is 4.79 Å². The van der Waals surface area contributed by atoms with Crippen molar-refractivity contribution in [3.8, 4) is 11.5 Å². The number of aryl methyl sites for hydroxylation is 1. The van der Waals surface area contributed by atoms with Gasteiger partial charge >= 0.3 is 0 Å². The van der Waals surface area contributed by atoms with E-state index < -0.39 is 5.56 Å².